The maximum Gasteiger partial charge on any atom is 0.326 e. The van der Waals surface area contributed by atoms with Crippen LogP contribution in [0.3, 0.4) is 0 Å². The Bertz CT molecular complexity index is 1670. The molecule has 0 saturated heterocycles. The molecule has 3 heterocycles. The highest BCUT2D eigenvalue weighted by atomic mass is 35.5. The van der Waals surface area contributed by atoms with Gasteiger partial charge in [-0.15, -0.1) is 0 Å². The van der Waals surface area contributed by atoms with Crippen LogP contribution in [-0.2, 0) is 19.5 Å². The van der Waals surface area contributed by atoms with Crippen molar-refractivity contribution < 1.29 is 4.79 Å². The van der Waals surface area contributed by atoms with Crippen molar-refractivity contribution in [2.75, 3.05) is 13.1 Å². The van der Waals surface area contributed by atoms with Gasteiger partial charge in [0.15, 0.2) is 0 Å². The summed E-state index contributed by atoms with van der Waals surface area (Å²) in [6, 6.07) is 23.9. The number of amides is 1. The second kappa shape index (κ2) is 10.6. The number of hydrogen-bond acceptors (Lipinski definition) is 3. The molecule has 0 saturated carbocycles. The zero-order chi connectivity index (χ0) is 26.1. The summed E-state index contributed by atoms with van der Waals surface area (Å²) in [7, 11) is 0. The minimum absolute atomic E-state index is 0.129. The van der Waals surface area contributed by atoms with E-state index in [1.54, 1.807) is 12.3 Å². The molecule has 0 bridgehead atoms. The number of carbonyl (C=O) groups is 1. The van der Waals surface area contributed by atoms with Gasteiger partial charge in [0.1, 0.15) is 5.15 Å². The average Bonchev–Trinajstić information content (AvgIpc) is 3.27. The van der Waals surface area contributed by atoms with Gasteiger partial charge < -0.3 is 5.32 Å². The molecule has 0 aliphatic carbocycles. The van der Waals surface area contributed by atoms with Crippen molar-refractivity contribution >= 4 is 57.0 Å². The standard InChI is InChI=1S/C31H26Cl2N4O/c32-24-10-7-21(8-11-24)4-3-16-36-17-14-27-26(20-36)30-25-6-2-1-5-23(25)9-12-28(30)37(27)31(38)35-19-22-13-15-34-29(33)18-22/h1-13,15,18H,14,16-17,19-20H2,(H,35,38)/b4-3+. The van der Waals surface area contributed by atoms with Crippen LogP contribution in [0.4, 0.5) is 4.79 Å². The first kappa shape index (κ1) is 24.7. The Morgan fingerprint density at radius 3 is 2.71 bits per heavy atom. The molecule has 0 spiro atoms. The molecule has 7 heteroatoms. The first-order valence-electron chi connectivity index (χ1n) is 12.6. The second-order valence-electron chi connectivity index (χ2n) is 9.53. The van der Waals surface area contributed by atoms with Crippen LogP contribution in [0.25, 0.3) is 27.8 Å². The Balaban J connectivity index is 1.32. The van der Waals surface area contributed by atoms with Gasteiger partial charge in [-0.1, -0.05) is 77.8 Å². The van der Waals surface area contributed by atoms with Gasteiger partial charge in [0, 0.05) is 54.9 Å². The molecule has 2 aromatic heterocycles. The first-order valence-corrected chi connectivity index (χ1v) is 13.4. The van der Waals surface area contributed by atoms with E-state index in [0.29, 0.717) is 11.7 Å². The summed E-state index contributed by atoms with van der Waals surface area (Å²) < 4.78 is 1.88. The van der Waals surface area contributed by atoms with Crippen molar-refractivity contribution in [3.63, 3.8) is 0 Å². The van der Waals surface area contributed by atoms with Gasteiger partial charge in [0.2, 0.25) is 0 Å². The van der Waals surface area contributed by atoms with E-state index in [0.717, 1.165) is 58.8 Å². The van der Waals surface area contributed by atoms with Crippen LogP contribution in [0.15, 0.2) is 85.1 Å². The molecule has 190 valence electrons. The number of carbonyl (C=O) groups excluding carboxylic acids is 1. The first-order chi connectivity index (χ1) is 18.6. The van der Waals surface area contributed by atoms with Crippen molar-refractivity contribution in [2.24, 2.45) is 0 Å². The van der Waals surface area contributed by atoms with Crippen molar-refractivity contribution in [2.45, 2.75) is 19.5 Å². The van der Waals surface area contributed by atoms with E-state index in [-0.39, 0.29) is 6.03 Å². The van der Waals surface area contributed by atoms with Gasteiger partial charge in [-0.2, -0.15) is 0 Å². The minimum Gasteiger partial charge on any atom is -0.333 e. The molecule has 1 N–H and O–H groups in total. The smallest absolute Gasteiger partial charge is 0.326 e. The third kappa shape index (κ3) is 4.93. The maximum absolute atomic E-state index is 13.6. The monoisotopic (exact) mass is 540 g/mol. The number of benzene rings is 3. The highest BCUT2D eigenvalue weighted by Crippen LogP contribution is 2.36. The number of hydrogen-bond donors (Lipinski definition) is 1. The number of fused-ring (bicyclic) bond motifs is 5. The van der Waals surface area contributed by atoms with Crippen molar-refractivity contribution in [1.82, 2.24) is 19.8 Å². The quantitative estimate of drug-likeness (QED) is 0.237. The fourth-order valence-electron chi connectivity index (χ4n) is 5.30. The molecule has 0 unspecified atom stereocenters. The molecule has 5 aromatic rings. The Morgan fingerprint density at radius 1 is 1.03 bits per heavy atom. The average molecular weight is 541 g/mol. The predicted octanol–water partition coefficient (Wildman–Crippen LogP) is 7.33. The third-order valence-corrected chi connectivity index (χ3v) is 7.55. The molecule has 3 aromatic carbocycles. The van der Waals surface area contributed by atoms with Crippen LogP contribution >= 0.6 is 23.2 Å². The molecule has 5 nitrogen and oxygen atoms in total. The summed E-state index contributed by atoms with van der Waals surface area (Å²) in [5.41, 5.74) is 5.29. The van der Waals surface area contributed by atoms with E-state index < -0.39 is 0 Å². The minimum atomic E-state index is -0.129. The fraction of sp³-hybridized carbons (Fsp3) is 0.161. The second-order valence-corrected chi connectivity index (χ2v) is 10.3. The SMILES string of the molecule is O=C(NCc1ccnc(Cl)c1)n1c2c(c3c4ccccc4ccc31)CN(C/C=C/c1ccc(Cl)cc1)CC2. The Morgan fingerprint density at radius 2 is 1.87 bits per heavy atom. The van der Waals surface area contributed by atoms with E-state index >= 15 is 0 Å². The number of rotatable bonds is 5. The van der Waals surface area contributed by atoms with Crippen LogP contribution < -0.4 is 5.32 Å². The van der Waals surface area contributed by atoms with Gasteiger partial charge in [0.05, 0.1) is 5.52 Å². The van der Waals surface area contributed by atoms with Crippen molar-refractivity contribution in [1.29, 1.82) is 0 Å². The van der Waals surface area contributed by atoms with E-state index in [1.165, 1.54) is 16.3 Å². The molecule has 38 heavy (non-hydrogen) atoms. The molecule has 0 atom stereocenters. The topological polar surface area (TPSA) is 50.2 Å². The number of pyridine rings is 1. The Hall–Kier alpha value is -3.64. The van der Waals surface area contributed by atoms with Gasteiger partial charge in [-0.3, -0.25) is 9.47 Å². The summed E-state index contributed by atoms with van der Waals surface area (Å²) in [6.45, 7) is 2.86. The summed E-state index contributed by atoms with van der Waals surface area (Å²) in [5.74, 6) is 0. The number of aromatic nitrogens is 2. The van der Waals surface area contributed by atoms with Crippen LogP contribution in [-0.4, -0.2) is 33.6 Å². The highest BCUT2D eigenvalue weighted by Gasteiger charge is 2.27. The molecular weight excluding hydrogens is 515 g/mol. The van der Waals surface area contributed by atoms with Crippen LogP contribution in [0, 0.1) is 0 Å². The van der Waals surface area contributed by atoms with Crippen molar-refractivity contribution in [3.05, 3.63) is 118 Å². The van der Waals surface area contributed by atoms with Gasteiger partial charge in [-0.05, 0) is 57.8 Å². The Kier molecular flexibility index (Phi) is 6.90. The predicted molar refractivity (Wildman–Crippen MR) is 156 cm³/mol. The van der Waals surface area contributed by atoms with Crippen molar-refractivity contribution in [3.8, 4) is 0 Å². The van der Waals surface area contributed by atoms with E-state index in [2.05, 4.69) is 63.8 Å². The van der Waals surface area contributed by atoms with E-state index in [9.17, 15) is 4.79 Å². The van der Waals surface area contributed by atoms with E-state index in [1.807, 2.05) is 34.9 Å². The normalized spacial score (nSPS) is 13.8. The lowest BCUT2D eigenvalue weighted by Gasteiger charge is -2.27. The lowest BCUT2D eigenvalue weighted by molar-refractivity contribution is 0.240. The van der Waals surface area contributed by atoms with Gasteiger partial charge in [-0.25, -0.2) is 9.78 Å². The summed E-state index contributed by atoms with van der Waals surface area (Å²) in [4.78, 5) is 20.0. The number of nitrogens with zero attached hydrogens (tertiary/aromatic N) is 3. The molecule has 6 rings (SSSR count). The number of nitrogens with one attached hydrogen (secondary N) is 1. The molecule has 0 radical (unpaired) electrons. The summed E-state index contributed by atoms with van der Waals surface area (Å²) in [5, 5.41) is 7.75. The molecular formula is C31H26Cl2N4O. The largest absolute Gasteiger partial charge is 0.333 e. The zero-order valence-electron chi connectivity index (χ0n) is 20.7. The van der Waals surface area contributed by atoms with Crippen LogP contribution in [0.5, 0.6) is 0 Å². The summed E-state index contributed by atoms with van der Waals surface area (Å²) >= 11 is 12.1. The maximum atomic E-state index is 13.6. The van der Waals surface area contributed by atoms with Crippen LogP contribution in [0.2, 0.25) is 10.2 Å². The summed E-state index contributed by atoms with van der Waals surface area (Å²) in [6.07, 6.45) is 6.77. The molecule has 1 amide bonds. The van der Waals surface area contributed by atoms with Gasteiger partial charge in [0.25, 0.3) is 0 Å². The Labute approximate surface area is 231 Å². The molecule has 1 aliphatic rings. The van der Waals surface area contributed by atoms with E-state index in [4.69, 9.17) is 23.2 Å². The molecule has 1 aliphatic heterocycles. The molecule has 0 fully saturated rings. The highest BCUT2D eigenvalue weighted by molar-refractivity contribution is 6.30. The number of halogens is 2. The third-order valence-electron chi connectivity index (χ3n) is 7.10. The zero-order valence-corrected chi connectivity index (χ0v) is 22.2. The lowest BCUT2D eigenvalue weighted by atomic mass is 9.99. The van der Waals surface area contributed by atoms with Gasteiger partial charge >= 0.3 is 6.03 Å². The van der Waals surface area contributed by atoms with Crippen LogP contribution in [0.1, 0.15) is 22.4 Å². The fourth-order valence-corrected chi connectivity index (χ4v) is 5.62. The lowest BCUT2D eigenvalue weighted by Crippen LogP contribution is -2.34.